The summed E-state index contributed by atoms with van der Waals surface area (Å²) in [6, 6.07) is 14.4. The third kappa shape index (κ3) is 1.82. The topological polar surface area (TPSA) is 46.5 Å². The summed E-state index contributed by atoms with van der Waals surface area (Å²) in [6.07, 6.45) is 0. The van der Waals surface area contributed by atoms with Crippen LogP contribution in [0, 0.1) is 12.8 Å². The van der Waals surface area contributed by atoms with Crippen LogP contribution in [0.3, 0.4) is 0 Å². The van der Waals surface area contributed by atoms with Crippen LogP contribution < -0.4 is 4.74 Å². The Labute approximate surface area is 117 Å². The zero-order valence-electron chi connectivity index (χ0n) is 11.5. The second-order valence-corrected chi connectivity index (χ2v) is 5.25. The molecule has 3 heteroatoms. The van der Waals surface area contributed by atoms with Crippen LogP contribution in [0.15, 0.2) is 48.5 Å². The summed E-state index contributed by atoms with van der Waals surface area (Å²) in [7, 11) is 0. The molecule has 1 heterocycles. The average Bonchev–Trinajstić information content (AvgIpc) is 2.47. The number of hydrogen-bond acceptors (Lipinski definition) is 3. The van der Waals surface area contributed by atoms with Crippen molar-refractivity contribution in [2.75, 3.05) is 0 Å². The van der Waals surface area contributed by atoms with E-state index in [1.54, 1.807) is 31.2 Å². The minimum Gasteiger partial charge on any atom is -0.457 e. The summed E-state index contributed by atoms with van der Waals surface area (Å²) < 4.78 is 5.78. The Bertz CT molecular complexity index is 663. The molecule has 102 valence electrons. The molecule has 2 atom stereocenters. The Morgan fingerprint density at radius 3 is 2.55 bits per heavy atom. The molecule has 0 unspecified atom stereocenters. The zero-order valence-corrected chi connectivity index (χ0v) is 11.5. The number of ketones is 1. The van der Waals surface area contributed by atoms with Gasteiger partial charge in [0.1, 0.15) is 5.75 Å². The summed E-state index contributed by atoms with van der Waals surface area (Å²) in [5.74, 6) is -1.92. The molecule has 0 amide bonds. The van der Waals surface area contributed by atoms with Gasteiger partial charge in [0.05, 0.1) is 11.5 Å². The summed E-state index contributed by atoms with van der Waals surface area (Å²) >= 11 is 0. The van der Waals surface area contributed by atoms with Crippen molar-refractivity contribution in [2.24, 2.45) is 5.92 Å². The van der Waals surface area contributed by atoms with Gasteiger partial charge >= 0.3 is 0 Å². The maximum Gasteiger partial charge on any atom is 0.244 e. The van der Waals surface area contributed by atoms with E-state index in [4.69, 9.17) is 4.74 Å². The Balaban J connectivity index is 2.13. The molecule has 3 rings (SSSR count). The Kier molecular flexibility index (Phi) is 2.87. The molecule has 0 radical (unpaired) electrons. The van der Waals surface area contributed by atoms with Gasteiger partial charge in [0.15, 0.2) is 5.78 Å². The van der Waals surface area contributed by atoms with E-state index in [1.165, 1.54) is 0 Å². The van der Waals surface area contributed by atoms with Crippen LogP contribution in [-0.4, -0.2) is 10.9 Å². The summed E-state index contributed by atoms with van der Waals surface area (Å²) in [5, 5.41) is 10.9. The summed E-state index contributed by atoms with van der Waals surface area (Å²) in [4.78, 5) is 12.5. The van der Waals surface area contributed by atoms with Crippen molar-refractivity contribution in [3.8, 4) is 5.75 Å². The number of aryl methyl sites for hydroxylation is 1. The lowest BCUT2D eigenvalue weighted by Gasteiger charge is -2.38. The Morgan fingerprint density at radius 1 is 1.15 bits per heavy atom. The highest BCUT2D eigenvalue weighted by atomic mass is 16.6. The standard InChI is InChI=1S/C17H16O3/c1-11-8-9-15-14(10-11)16(18)12(2)17(19,20-15)13-6-4-3-5-7-13/h3-10,12,19H,1-2H3/t12-,17-/m1/s1. The number of ether oxygens (including phenoxy) is 1. The predicted octanol–water partition coefficient (Wildman–Crippen LogP) is 3.05. The molecule has 3 nitrogen and oxygen atoms in total. The van der Waals surface area contributed by atoms with Crippen LogP contribution in [0.25, 0.3) is 0 Å². The number of fused-ring (bicyclic) bond motifs is 1. The molecule has 0 saturated heterocycles. The quantitative estimate of drug-likeness (QED) is 0.864. The van der Waals surface area contributed by atoms with E-state index in [0.29, 0.717) is 16.9 Å². The smallest absolute Gasteiger partial charge is 0.244 e. The third-order valence-corrected chi connectivity index (χ3v) is 3.83. The highest BCUT2D eigenvalue weighted by molar-refractivity contribution is 6.02. The molecule has 1 aliphatic heterocycles. The molecule has 0 fully saturated rings. The molecule has 0 saturated carbocycles. The highest BCUT2D eigenvalue weighted by Crippen LogP contribution is 2.41. The molecular weight excluding hydrogens is 252 g/mol. The van der Waals surface area contributed by atoms with Crippen LogP contribution in [0.4, 0.5) is 0 Å². The number of rotatable bonds is 1. The second kappa shape index (κ2) is 4.46. The first-order valence-electron chi connectivity index (χ1n) is 6.64. The predicted molar refractivity (Wildman–Crippen MR) is 75.6 cm³/mol. The number of benzene rings is 2. The zero-order chi connectivity index (χ0) is 14.3. The van der Waals surface area contributed by atoms with E-state index < -0.39 is 11.7 Å². The van der Waals surface area contributed by atoms with Gasteiger partial charge in [-0.25, -0.2) is 0 Å². The minimum atomic E-state index is -1.61. The van der Waals surface area contributed by atoms with Gasteiger partial charge in [0, 0.05) is 5.56 Å². The van der Waals surface area contributed by atoms with Gasteiger partial charge in [0.25, 0.3) is 0 Å². The fourth-order valence-electron chi connectivity index (χ4n) is 2.58. The molecule has 2 aromatic carbocycles. The third-order valence-electron chi connectivity index (χ3n) is 3.83. The van der Waals surface area contributed by atoms with Gasteiger partial charge in [-0.15, -0.1) is 0 Å². The van der Waals surface area contributed by atoms with Gasteiger partial charge in [-0.1, -0.05) is 42.0 Å². The maximum atomic E-state index is 12.5. The largest absolute Gasteiger partial charge is 0.457 e. The number of carbonyl (C=O) groups excluding carboxylic acids is 1. The highest BCUT2D eigenvalue weighted by Gasteiger charge is 2.47. The van der Waals surface area contributed by atoms with Crippen molar-refractivity contribution in [1.82, 2.24) is 0 Å². The van der Waals surface area contributed by atoms with Crippen molar-refractivity contribution >= 4 is 5.78 Å². The first-order valence-corrected chi connectivity index (χ1v) is 6.64. The van der Waals surface area contributed by atoms with Gasteiger partial charge in [-0.2, -0.15) is 0 Å². The SMILES string of the molecule is Cc1ccc2c(c1)C(=O)[C@@H](C)[C@](O)(c1ccccc1)O2. The molecule has 2 aromatic rings. The van der Waals surface area contributed by atoms with E-state index >= 15 is 0 Å². The number of hydrogen-bond donors (Lipinski definition) is 1. The number of aliphatic hydroxyl groups is 1. The Hall–Kier alpha value is -2.13. The molecule has 0 spiro atoms. The van der Waals surface area contributed by atoms with Crippen LogP contribution in [0.2, 0.25) is 0 Å². The van der Waals surface area contributed by atoms with E-state index in [1.807, 2.05) is 31.2 Å². The monoisotopic (exact) mass is 268 g/mol. The molecule has 20 heavy (non-hydrogen) atoms. The van der Waals surface area contributed by atoms with Crippen molar-refractivity contribution < 1.29 is 14.6 Å². The van der Waals surface area contributed by atoms with Crippen molar-refractivity contribution in [1.29, 1.82) is 0 Å². The molecule has 1 aliphatic rings. The number of Topliss-reactive ketones (excluding diaryl/α,β-unsaturated/α-hetero) is 1. The van der Waals surface area contributed by atoms with Crippen molar-refractivity contribution in [3.05, 3.63) is 65.2 Å². The van der Waals surface area contributed by atoms with Crippen molar-refractivity contribution in [2.45, 2.75) is 19.6 Å². The fourth-order valence-corrected chi connectivity index (χ4v) is 2.58. The average molecular weight is 268 g/mol. The van der Waals surface area contributed by atoms with Crippen LogP contribution in [0.1, 0.15) is 28.4 Å². The first kappa shape index (κ1) is 12.9. The lowest BCUT2D eigenvalue weighted by Crippen LogP contribution is -2.46. The lowest BCUT2D eigenvalue weighted by atomic mass is 9.84. The van der Waals surface area contributed by atoms with E-state index in [9.17, 15) is 9.90 Å². The van der Waals surface area contributed by atoms with E-state index in [2.05, 4.69) is 0 Å². The molecule has 0 aromatic heterocycles. The molecule has 1 N–H and O–H groups in total. The number of carbonyl (C=O) groups is 1. The molecule has 0 bridgehead atoms. The van der Waals surface area contributed by atoms with Crippen LogP contribution in [0.5, 0.6) is 5.75 Å². The minimum absolute atomic E-state index is 0.0960. The first-order chi connectivity index (χ1) is 9.52. The summed E-state index contributed by atoms with van der Waals surface area (Å²) in [6.45, 7) is 3.62. The van der Waals surface area contributed by atoms with E-state index in [0.717, 1.165) is 5.56 Å². The van der Waals surface area contributed by atoms with E-state index in [-0.39, 0.29) is 5.78 Å². The van der Waals surface area contributed by atoms with Gasteiger partial charge in [0.2, 0.25) is 5.79 Å². The van der Waals surface area contributed by atoms with Crippen molar-refractivity contribution in [3.63, 3.8) is 0 Å². The molecular formula is C17H16O3. The van der Waals surface area contributed by atoms with Crippen LogP contribution in [-0.2, 0) is 5.79 Å². The normalized spacial score (nSPS) is 24.9. The lowest BCUT2D eigenvalue weighted by molar-refractivity contribution is -0.176. The Morgan fingerprint density at radius 2 is 1.85 bits per heavy atom. The second-order valence-electron chi connectivity index (χ2n) is 5.25. The summed E-state index contributed by atoms with van der Waals surface area (Å²) in [5.41, 5.74) is 2.13. The van der Waals surface area contributed by atoms with Gasteiger partial charge in [-0.3, -0.25) is 4.79 Å². The van der Waals surface area contributed by atoms with Crippen LogP contribution >= 0.6 is 0 Å². The molecule has 0 aliphatic carbocycles. The maximum absolute atomic E-state index is 12.5. The van der Waals surface area contributed by atoms with Gasteiger partial charge in [-0.05, 0) is 26.0 Å². The fraction of sp³-hybridized carbons (Fsp3) is 0.235. The van der Waals surface area contributed by atoms with Gasteiger partial charge < -0.3 is 9.84 Å².